The monoisotopic (exact) mass is 315 g/mol. The summed E-state index contributed by atoms with van der Waals surface area (Å²) in [4.78, 5) is 6.63. The first kappa shape index (κ1) is 14.1. The molecule has 1 aliphatic carbocycles. The van der Waals surface area contributed by atoms with Gasteiger partial charge in [0, 0.05) is 43.7 Å². The van der Waals surface area contributed by atoms with E-state index in [4.69, 9.17) is 0 Å². The predicted octanol–water partition coefficient (Wildman–Crippen LogP) is 2.04. The van der Waals surface area contributed by atoms with Crippen LogP contribution in [-0.2, 0) is 19.4 Å². The van der Waals surface area contributed by atoms with Crippen LogP contribution in [0.25, 0.3) is 0 Å². The van der Waals surface area contributed by atoms with Crippen LogP contribution >= 0.6 is 11.3 Å². The van der Waals surface area contributed by atoms with E-state index in [0.29, 0.717) is 5.92 Å². The summed E-state index contributed by atoms with van der Waals surface area (Å²) in [6.45, 7) is 4.10. The minimum atomic E-state index is 0.706. The molecule has 1 fully saturated rings. The Hall–Kier alpha value is -1.53. The molecule has 116 valence electrons. The summed E-state index contributed by atoms with van der Waals surface area (Å²) in [7, 11) is 0. The molecular weight excluding hydrogens is 294 g/mol. The fourth-order valence-electron chi connectivity index (χ4n) is 3.24. The van der Waals surface area contributed by atoms with Crippen molar-refractivity contribution in [2.45, 2.75) is 32.2 Å². The Morgan fingerprint density at radius 3 is 3.00 bits per heavy atom. The van der Waals surface area contributed by atoms with Crippen LogP contribution in [0.4, 0.5) is 5.82 Å². The number of hydrogen-bond donors (Lipinski definition) is 1. The van der Waals surface area contributed by atoms with Crippen molar-refractivity contribution < 1.29 is 0 Å². The van der Waals surface area contributed by atoms with E-state index in [1.807, 2.05) is 11.6 Å². The second-order valence-corrected chi connectivity index (χ2v) is 7.19. The molecular formula is C16H21N5S. The SMILES string of the molecule is c1csc(CNCC2CN(c3cc4c(nn3)CCCC4)C2)n1. The molecule has 3 heterocycles. The Balaban J connectivity index is 1.26. The molecule has 0 amide bonds. The number of anilines is 1. The van der Waals surface area contributed by atoms with Crippen LogP contribution in [-0.4, -0.2) is 34.8 Å². The van der Waals surface area contributed by atoms with Gasteiger partial charge in [0.1, 0.15) is 5.01 Å². The van der Waals surface area contributed by atoms with Gasteiger partial charge in [0.15, 0.2) is 5.82 Å². The van der Waals surface area contributed by atoms with Crippen molar-refractivity contribution in [1.82, 2.24) is 20.5 Å². The lowest BCUT2D eigenvalue weighted by molar-refractivity contribution is 0.381. The summed E-state index contributed by atoms with van der Waals surface area (Å²) >= 11 is 1.71. The normalized spacial score (nSPS) is 18.1. The summed E-state index contributed by atoms with van der Waals surface area (Å²) in [5, 5.41) is 15.5. The van der Waals surface area contributed by atoms with Gasteiger partial charge < -0.3 is 10.2 Å². The molecule has 4 rings (SSSR count). The first-order valence-corrected chi connectivity index (χ1v) is 8.96. The van der Waals surface area contributed by atoms with Crippen molar-refractivity contribution in [2.75, 3.05) is 24.5 Å². The standard InChI is InChI=1S/C16H21N5S/c1-2-4-14-13(3-1)7-15(20-19-14)21-10-12(11-21)8-17-9-16-18-5-6-22-16/h5-7,12,17H,1-4,8-11H2. The number of aromatic nitrogens is 3. The predicted molar refractivity (Wildman–Crippen MR) is 88.2 cm³/mol. The number of nitrogens with zero attached hydrogens (tertiary/aromatic N) is 4. The molecule has 1 N–H and O–H groups in total. The molecule has 2 aliphatic rings. The zero-order valence-electron chi connectivity index (χ0n) is 12.7. The van der Waals surface area contributed by atoms with Crippen LogP contribution in [0.5, 0.6) is 0 Å². The maximum absolute atomic E-state index is 4.43. The van der Waals surface area contributed by atoms with E-state index < -0.39 is 0 Å². The van der Waals surface area contributed by atoms with Crippen molar-refractivity contribution in [3.63, 3.8) is 0 Å². The van der Waals surface area contributed by atoms with Gasteiger partial charge in [-0.15, -0.1) is 16.4 Å². The zero-order chi connectivity index (χ0) is 14.8. The molecule has 0 atom stereocenters. The van der Waals surface area contributed by atoms with Gasteiger partial charge in [-0.2, -0.15) is 5.10 Å². The molecule has 0 aromatic carbocycles. The largest absolute Gasteiger partial charge is 0.354 e. The first-order valence-electron chi connectivity index (χ1n) is 8.08. The third kappa shape index (κ3) is 2.98. The summed E-state index contributed by atoms with van der Waals surface area (Å²) in [6, 6.07) is 2.26. The van der Waals surface area contributed by atoms with Crippen molar-refractivity contribution in [3.8, 4) is 0 Å². The molecule has 0 spiro atoms. The highest BCUT2D eigenvalue weighted by molar-refractivity contribution is 7.09. The van der Waals surface area contributed by atoms with Crippen LogP contribution in [0.15, 0.2) is 17.6 Å². The highest BCUT2D eigenvalue weighted by Gasteiger charge is 2.28. The van der Waals surface area contributed by atoms with Crippen molar-refractivity contribution >= 4 is 17.2 Å². The van der Waals surface area contributed by atoms with Crippen LogP contribution < -0.4 is 10.2 Å². The van der Waals surface area contributed by atoms with Gasteiger partial charge in [0.25, 0.3) is 0 Å². The molecule has 1 saturated heterocycles. The Bertz CT molecular complexity index is 621. The van der Waals surface area contributed by atoms with Gasteiger partial charge in [0.2, 0.25) is 0 Å². The molecule has 1 aliphatic heterocycles. The highest BCUT2D eigenvalue weighted by Crippen LogP contribution is 2.26. The fourth-order valence-corrected chi connectivity index (χ4v) is 3.83. The molecule has 0 saturated carbocycles. The van der Waals surface area contributed by atoms with Crippen LogP contribution in [0, 0.1) is 5.92 Å². The maximum atomic E-state index is 4.43. The second kappa shape index (κ2) is 6.30. The van der Waals surface area contributed by atoms with Gasteiger partial charge in [-0.05, 0) is 37.3 Å². The first-order chi connectivity index (χ1) is 10.9. The number of fused-ring (bicyclic) bond motifs is 1. The summed E-state index contributed by atoms with van der Waals surface area (Å²) in [6.07, 6.45) is 6.69. The average Bonchev–Trinajstić information content (AvgIpc) is 3.02. The highest BCUT2D eigenvalue weighted by atomic mass is 32.1. The van der Waals surface area contributed by atoms with Crippen molar-refractivity contribution in [3.05, 3.63) is 33.9 Å². The topological polar surface area (TPSA) is 53.9 Å². The van der Waals surface area contributed by atoms with Crippen molar-refractivity contribution in [1.29, 1.82) is 0 Å². The average molecular weight is 315 g/mol. The second-order valence-electron chi connectivity index (χ2n) is 6.21. The van der Waals surface area contributed by atoms with Crippen LogP contribution in [0.2, 0.25) is 0 Å². The van der Waals surface area contributed by atoms with Gasteiger partial charge in [0.05, 0.1) is 5.69 Å². The molecule has 2 aromatic heterocycles. The quantitative estimate of drug-likeness (QED) is 0.915. The Kier molecular flexibility index (Phi) is 4.03. The van der Waals surface area contributed by atoms with Gasteiger partial charge in [-0.25, -0.2) is 4.98 Å². The smallest absolute Gasteiger partial charge is 0.151 e. The lowest BCUT2D eigenvalue weighted by Crippen LogP contribution is -2.51. The van der Waals surface area contributed by atoms with Crippen LogP contribution in [0.3, 0.4) is 0 Å². The van der Waals surface area contributed by atoms with E-state index >= 15 is 0 Å². The molecule has 2 aromatic rings. The van der Waals surface area contributed by atoms with E-state index in [2.05, 4.69) is 31.5 Å². The number of nitrogens with one attached hydrogen (secondary N) is 1. The molecule has 0 unspecified atom stereocenters. The minimum absolute atomic E-state index is 0.706. The van der Waals surface area contributed by atoms with Gasteiger partial charge >= 0.3 is 0 Å². The Morgan fingerprint density at radius 1 is 1.23 bits per heavy atom. The molecule has 0 radical (unpaired) electrons. The Labute approximate surface area is 134 Å². The molecule has 22 heavy (non-hydrogen) atoms. The molecule has 6 heteroatoms. The Morgan fingerprint density at radius 2 is 2.14 bits per heavy atom. The summed E-state index contributed by atoms with van der Waals surface area (Å²) < 4.78 is 0. The van der Waals surface area contributed by atoms with Gasteiger partial charge in [-0.1, -0.05) is 0 Å². The fraction of sp³-hybridized carbons (Fsp3) is 0.562. The third-order valence-electron chi connectivity index (χ3n) is 4.53. The third-order valence-corrected chi connectivity index (χ3v) is 5.31. The minimum Gasteiger partial charge on any atom is -0.354 e. The van der Waals surface area contributed by atoms with E-state index in [-0.39, 0.29) is 0 Å². The number of hydrogen-bond acceptors (Lipinski definition) is 6. The summed E-state index contributed by atoms with van der Waals surface area (Å²) in [5.74, 6) is 1.77. The number of aryl methyl sites for hydroxylation is 2. The van der Waals surface area contributed by atoms with Crippen LogP contribution in [0.1, 0.15) is 29.1 Å². The van der Waals surface area contributed by atoms with E-state index in [0.717, 1.165) is 43.4 Å². The summed E-state index contributed by atoms with van der Waals surface area (Å²) in [5.41, 5.74) is 2.64. The van der Waals surface area contributed by atoms with E-state index in [1.54, 1.807) is 11.3 Å². The number of rotatable bonds is 5. The van der Waals surface area contributed by atoms with Gasteiger partial charge in [-0.3, -0.25) is 0 Å². The lowest BCUT2D eigenvalue weighted by atomic mass is 9.95. The maximum Gasteiger partial charge on any atom is 0.151 e. The van der Waals surface area contributed by atoms with E-state index in [1.165, 1.54) is 30.5 Å². The van der Waals surface area contributed by atoms with E-state index in [9.17, 15) is 0 Å². The lowest BCUT2D eigenvalue weighted by Gasteiger charge is -2.40. The number of thiazole rings is 1. The molecule has 0 bridgehead atoms. The zero-order valence-corrected chi connectivity index (χ0v) is 13.5. The molecule has 5 nitrogen and oxygen atoms in total. The van der Waals surface area contributed by atoms with Crippen molar-refractivity contribution in [2.24, 2.45) is 5.92 Å².